The van der Waals surface area contributed by atoms with Gasteiger partial charge in [-0.25, -0.2) is 0 Å². The zero-order valence-electron chi connectivity index (χ0n) is 26.3. The summed E-state index contributed by atoms with van der Waals surface area (Å²) >= 11 is 0. The Kier molecular flexibility index (Phi) is 15.1. The standard InChI is InChI=1S/C32H56N2O5/c1-21(2)26(17-25-12-13-29(38-10)30(18-25)39-15-11-14-37-9)19-28(33)23(5)16-27(22(3)4)31(36)34-20-32(7,8)24(6)35/h12-13,18,21-23,26-28H,11,14-17,19-20,33H2,1-10H3,(H,34,36). The van der Waals surface area contributed by atoms with Crippen molar-refractivity contribution in [1.29, 1.82) is 0 Å². The summed E-state index contributed by atoms with van der Waals surface area (Å²) < 4.78 is 16.6. The SMILES string of the molecule is COCCCOc1cc(CC(CC(N)C(C)CC(C(=O)NCC(C)(C)C(C)=O)C(C)C)C(C)C)ccc1OC. The summed E-state index contributed by atoms with van der Waals surface area (Å²) in [7, 11) is 3.34. The van der Waals surface area contributed by atoms with E-state index in [0.29, 0.717) is 31.6 Å². The summed E-state index contributed by atoms with van der Waals surface area (Å²) in [4.78, 5) is 25.0. The predicted octanol–water partition coefficient (Wildman–Crippen LogP) is 5.67. The van der Waals surface area contributed by atoms with E-state index in [0.717, 1.165) is 37.2 Å². The molecule has 0 bridgehead atoms. The quantitative estimate of drug-likeness (QED) is 0.216. The third-order valence-electron chi connectivity index (χ3n) is 8.15. The van der Waals surface area contributed by atoms with Crippen LogP contribution in [0.1, 0.15) is 80.2 Å². The number of ketones is 1. The molecule has 1 aromatic rings. The summed E-state index contributed by atoms with van der Waals surface area (Å²) in [6, 6.07) is 6.13. The molecule has 39 heavy (non-hydrogen) atoms. The minimum atomic E-state index is -0.569. The van der Waals surface area contributed by atoms with Crippen molar-refractivity contribution in [3.63, 3.8) is 0 Å². The number of Topliss-reactive ketones (excluding diaryl/α,β-unsaturated/α-hetero) is 1. The fraction of sp³-hybridized carbons (Fsp3) is 0.750. The number of methoxy groups -OCH3 is 2. The van der Waals surface area contributed by atoms with Crippen molar-refractivity contribution in [2.45, 2.75) is 87.1 Å². The van der Waals surface area contributed by atoms with E-state index in [4.69, 9.17) is 19.9 Å². The van der Waals surface area contributed by atoms with Crippen LogP contribution in [0.25, 0.3) is 0 Å². The van der Waals surface area contributed by atoms with Crippen LogP contribution in [0.3, 0.4) is 0 Å². The van der Waals surface area contributed by atoms with E-state index in [9.17, 15) is 9.59 Å². The summed E-state index contributed by atoms with van der Waals surface area (Å²) in [5.74, 6) is 2.62. The third-order valence-corrected chi connectivity index (χ3v) is 8.15. The molecule has 0 aliphatic carbocycles. The van der Waals surface area contributed by atoms with Gasteiger partial charge in [-0.15, -0.1) is 0 Å². The lowest BCUT2D eigenvalue weighted by molar-refractivity contribution is -0.129. The Morgan fingerprint density at radius 2 is 1.64 bits per heavy atom. The van der Waals surface area contributed by atoms with Gasteiger partial charge >= 0.3 is 0 Å². The zero-order valence-corrected chi connectivity index (χ0v) is 26.3. The molecule has 1 aromatic carbocycles. The maximum Gasteiger partial charge on any atom is 0.223 e. The molecule has 0 aromatic heterocycles. The monoisotopic (exact) mass is 548 g/mol. The van der Waals surface area contributed by atoms with E-state index in [1.54, 1.807) is 21.1 Å². The first-order valence-electron chi connectivity index (χ1n) is 14.6. The van der Waals surface area contributed by atoms with Crippen LogP contribution in [-0.4, -0.2) is 51.7 Å². The van der Waals surface area contributed by atoms with Crippen molar-refractivity contribution in [3.05, 3.63) is 23.8 Å². The number of benzene rings is 1. The van der Waals surface area contributed by atoms with Gasteiger partial charge < -0.3 is 25.3 Å². The highest BCUT2D eigenvalue weighted by atomic mass is 16.5. The number of nitrogens with two attached hydrogens (primary N) is 1. The predicted molar refractivity (Wildman–Crippen MR) is 159 cm³/mol. The van der Waals surface area contributed by atoms with Gasteiger partial charge in [0.2, 0.25) is 5.91 Å². The maximum absolute atomic E-state index is 13.1. The highest BCUT2D eigenvalue weighted by Crippen LogP contribution is 2.32. The largest absolute Gasteiger partial charge is 0.493 e. The molecule has 3 N–H and O–H groups in total. The van der Waals surface area contributed by atoms with Crippen LogP contribution in [0.5, 0.6) is 11.5 Å². The van der Waals surface area contributed by atoms with Crippen molar-refractivity contribution in [3.8, 4) is 11.5 Å². The second-order valence-electron chi connectivity index (χ2n) is 12.5. The van der Waals surface area contributed by atoms with Gasteiger partial charge in [0.25, 0.3) is 0 Å². The van der Waals surface area contributed by atoms with Crippen LogP contribution in [0.4, 0.5) is 0 Å². The van der Waals surface area contributed by atoms with Crippen LogP contribution in [0.15, 0.2) is 18.2 Å². The van der Waals surface area contributed by atoms with E-state index in [-0.39, 0.29) is 35.5 Å². The topological polar surface area (TPSA) is 99.9 Å². The smallest absolute Gasteiger partial charge is 0.223 e. The van der Waals surface area contributed by atoms with Crippen molar-refractivity contribution >= 4 is 11.7 Å². The van der Waals surface area contributed by atoms with Crippen LogP contribution in [0.2, 0.25) is 0 Å². The molecule has 4 unspecified atom stereocenters. The van der Waals surface area contributed by atoms with E-state index >= 15 is 0 Å². The molecule has 1 amide bonds. The lowest BCUT2D eigenvalue weighted by atomic mass is 9.78. The Balaban J connectivity index is 2.87. The van der Waals surface area contributed by atoms with Crippen LogP contribution < -0.4 is 20.5 Å². The van der Waals surface area contributed by atoms with Crippen molar-refractivity contribution in [2.75, 3.05) is 34.0 Å². The first-order chi connectivity index (χ1) is 18.2. The average molecular weight is 549 g/mol. The normalized spacial score (nSPS) is 15.1. The lowest BCUT2D eigenvalue weighted by Gasteiger charge is -2.31. The number of ether oxygens (including phenoxy) is 3. The van der Waals surface area contributed by atoms with Crippen LogP contribution in [-0.2, 0) is 20.7 Å². The lowest BCUT2D eigenvalue weighted by Crippen LogP contribution is -2.43. The Labute approximate surface area is 237 Å². The molecule has 4 atom stereocenters. The third kappa shape index (κ3) is 11.9. The first kappa shape index (κ1) is 34.9. The molecule has 0 saturated carbocycles. The minimum absolute atomic E-state index is 0.00930. The zero-order chi connectivity index (χ0) is 29.8. The molecule has 224 valence electrons. The Hall–Kier alpha value is -2.12. The Morgan fingerprint density at radius 3 is 2.18 bits per heavy atom. The first-order valence-corrected chi connectivity index (χ1v) is 14.6. The van der Waals surface area contributed by atoms with E-state index in [1.807, 2.05) is 19.9 Å². The number of nitrogens with one attached hydrogen (secondary N) is 1. The second kappa shape index (κ2) is 16.9. The number of carbonyl (C=O) groups is 2. The summed E-state index contributed by atoms with van der Waals surface area (Å²) in [5, 5.41) is 3.03. The van der Waals surface area contributed by atoms with Gasteiger partial charge in [-0.3, -0.25) is 9.59 Å². The van der Waals surface area contributed by atoms with Crippen molar-refractivity contribution < 1.29 is 23.8 Å². The molecule has 0 saturated heterocycles. The van der Waals surface area contributed by atoms with Crippen molar-refractivity contribution in [1.82, 2.24) is 5.32 Å². The number of hydrogen-bond acceptors (Lipinski definition) is 6. The van der Waals surface area contributed by atoms with Gasteiger partial charge in [-0.05, 0) is 67.6 Å². The number of carbonyl (C=O) groups excluding carboxylic acids is 2. The highest BCUT2D eigenvalue weighted by Gasteiger charge is 2.31. The molecule has 0 aliphatic rings. The fourth-order valence-electron chi connectivity index (χ4n) is 4.64. The summed E-state index contributed by atoms with van der Waals surface area (Å²) in [5.41, 5.74) is 7.41. The highest BCUT2D eigenvalue weighted by molar-refractivity contribution is 5.83. The molecular weight excluding hydrogens is 492 g/mol. The van der Waals surface area contributed by atoms with Crippen LogP contribution >= 0.6 is 0 Å². The van der Waals surface area contributed by atoms with Gasteiger partial charge in [0.15, 0.2) is 11.5 Å². The van der Waals surface area contributed by atoms with Gasteiger partial charge in [-0.1, -0.05) is 54.5 Å². The molecular formula is C32H56N2O5. The molecule has 0 aliphatic heterocycles. The van der Waals surface area contributed by atoms with Gasteiger partial charge in [-0.2, -0.15) is 0 Å². The molecule has 0 fully saturated rings. The Bertz CT molecular complexity index is 883. The van der Waals surface area contributed by atoms with E-state index < -0.39 is 5.41 Å². The molecule has 7 heteroatoms. The minimum Gasteiger partial charge on any atom is -0.493 e. The summed E-state index contributed by atoms with van der Waals surface area (Å²) in [6.45, 7) is 17.7. The average Bonchev–Trinajstić information content (AvgIpc) is 2.87. The van der Waals surface area contributed by atoms with Gasteiger partial charge in [0.1, 0.15) is 5.78 Å². The molecule has 0 spiro atoms. The van der Waals surface area contributed by atoms with Crippen LogP contribution in [0, 0.1) is 35.0 Å². The summed E-state index contributed by atoms with van der Waals surface area (Å²) in [6.07, 6.45) is 3.30. The van der Waals surface area contributed by atoms with Crippen molar-refractivity contribution in [2.24, 2.45) is 40.7 Å². The molecule has 0 heterocycles. The number of amides is 1. The fourth-order valence-corrected chi connectivity index (χ4v) is 4.64. The molecule has 7 nitrogen and oxygen atoms in total. The molecule has 0 radical (unpaired) electrons. The number of rotatable bonds is 19. The molecule has 1 rings (SSSR count). The second-order valence-corrected chi connectivity index (χ2v) is 12.5. The van der Waals surface area contributed by atoms with E-state index in [1.165, 1.54) is 5.56 Å². The number of hydrogen-bond donors (Lipinski definition) is 2. The maximum atomic E-state index is 13.1. The van der Waals surface area contributed by atoms with E-state index in [2.05, 4.69) is 52.1 Å². The van der Waals surface area contributed by atoms with Gasteiger partial charge in [0, 0.05) is 44.1 Å². The Morgan fingerprint density at radius 1 is 0.974 bits per heavy atom. The van der Waals surface area contributed by atoms with Gasteiger partial charge in [0.05, 0.1) is 13.7 Å².